The molecule has 0 aliphatic rings. The van der Waals surface area contributed by atoms with Crippen LogP contribution in [-0.2, 0) is 0 Å². The second kappa shape index (κ2) is 7.98. The zero-order valence-corrected chi connectivity index (χ0v) is 16.8. The Morgan fingerprint density at radius 1 is 1.14 bits per heavy atom. The summed E-state index contributed by atoms with van der Waals surface area (Å²) in [4.78, 5) is 12.0. The number of aromatic nitrogens is 2. The normalized spacial score (nSPS) is 11.8. The first-order chi connectivity index (χ1) is 13.7. The summed E-state index contributed by atoms with van der Waals surface area (Å²) in [5.74, 6) is 0.680. The van der Waals surface area contributed by atoms with Crippen molar-refractivity contribution < 1.29 is 5.11 Å². The molecule has 2 N–H and O–H groups in total. The first-order valence-corrected chi connectivity index (χ1v) is 10.5. The van der Waals surface area contributed by atoms with Gasteiger partial charge >= 0.3 is 0 Å². The van der Waals surface area contributed by atoms with Gasteiger partial charge in [-0.05, 0) is 64.9 Å². The smallest absolute Gasteiger partial charge is 0.199 e. The molecule has 142 valence electrons. The molecule has 0 amide bonds. The Hall–Kier alpha value is -2.92. The van der Waals surface area contributed by atoms with E-state index in [0.29, 0.717) is 17.1 Å². The van der Waals surface area contributed by atoms with Gasteiger partial charge in [-0.3, -0.25) is 4.99 Å². The molecular formula is C23H23N3OS. The second-order valence-corrected chi connectivity index (χ2v) is 7.66. The van der Waals surface area contributed by atoms with E-state index in [0.717, 1.165) is 35.0 Å². The molecule has 3 aromatic heterocycles. The Bertz CT molecular complexity index is 1090. The van der Waals surface area contributed by atoms with Crippen molar-refractivity contribution in [2.75, 3.05) is 0 Å². The summed E-state index contributed by atoms with van der Waals surface area (Å²) < 4.78 is 0. The third-order valence-electron chi connectivity index (χ3n) is 5.22. The lowest BCUT2D eigenvalue weighted by Gasteiger charge is -2.12. The van der Waals surface area contributed by atoms with E-state index in [1.165, 1.54) is 5.56 Å². The molecule has 0 unspecified atom stereocenters. The van der Waals surface area contributed by atoms with Crippen LogP contribution in [0.25, 0.3) is 22.2 Å². The maximum absolute atomic E-state index is 10.3. The third-order valence-corrected chi connectivity index (χ3v) is 5.90. The first kappa shape index (κ1) is 18.4. The number of H-pyrrole nitrogens is 1. The van der Waals surface area contributed by atoms with Gasteiger partial charge in [-0.2, -0.15) is 11.3 Å². The molecule has 4 rings (SSSR count). The van der Waals surface area contributed by atoms with Gasteiger partial charge in [0, 0.05) is 23.4 Å². The van der Waals surface area contributed by atoms with E-state index >= 15 is 0 Å². The maximum atomic E-state index is 10.3. The van der Waals surface area contributed by atoms with Crippen LogP contribution >= 0.6 is 11.3 Å². The number of fused-ring (bicyclic) bond motifs is 1. The van der Waals surface area contributed by atoms with Crippen LogP contribution in [0.4, 0.5) is 5.69 Å². The van der Waals surface area contributed by atoms with Gasteiger partial charge in [-0.15, -0.1) is 0 Å². The fraction of sp³-hybridized carbons (Fsp3) is 0.217. The molecule has 0 aliphatic carbocycles. The highest BCUT2D eigenvalue weighted by atomic mass is 32.1. The molecule has 0 spiro atoms. The molecule has 5 heteroatoms. The van der Waals surface area contributed by atoms with Crippen LogP contribution in [0.1, 0.15) is 43.7 Å². The van der Waals surface area contributed by atoms with E-state index in [1.54, 1.807) is 17.6 Å². The molecule has 3 heterocycles. The van der Waals surface area contributed by atoms with E-state index in [-0.39, 0.29) is 5.88 Å². The summed E-state index contributed by atoms with van der Waals surface area (Å²) >= 11 is 1.65. The predicted octanol–water partition coefficient (Wildman–Crippen LogP) is 6.65. The molecule has 4 aromatic rings. The summed E-state index contributed by atoms with van der Waals surface area (Å²) in [6.45, 7) is 4.44. The van der Waals surface area contributed by atoms with Crippen molar-refractivity contribution in [3.05, 3.63) is 64.5 Å². The molecule has 0 atom stereocenters. The van der Waals surface area contributed by atoms with Gasteiger partial charge in [0.1, 0.15) is 5.65 Å². The quantitative estimate of drug-likeness (QED) is 0.363. The standard InChI is InChI=1S/C23H23N3OS/c1-3-15(4-2)16-5-7-19(8-6-16)24-13-21-20-11-18(17-9-10-28-14-17)12-25-22(20)26-23(21)27/h5-15,27H,3-4H2,1-2H3,(H,25,26). The van der Waals surface area contributed by atoms with Crippen LogP contribution in [0.2, 0.25) is 0 Å². The van der Waals surface area contributed by atoms with Gasteiger partial charge in [0.2, 0.25) is 0 Å². The number of aromatic hydroxyl groups is 1. The minimum atomic E-state index is 0.0855. The molecule has 0 saturated carbocycles. The van der Waals surface area contributed by atoms with Crippen LogP contribution in [0.15, 0.2) is 58.3 Å². The predicted molar refractivity (Wildman–Crippen MR) is 118 cm³/mol. The molecule has 28 heavy (non-hydrogen) atoms. The number of benzene rings is 1. The number of hydrogen-bond donors (Lipinski definition) is 2. The minimum Gasteiger partial charge on any atom is -0.494 e. The molecule has 0 radical (unpaired) electrons. The highest BCUT2D eigenvalue weighted by molar-refractivity contribution is 7.08. The Morgan fingerprint density at radius 2 is 1.93 bits per heavy atom. The van der Waals surface area contributed by atoms with Crippen molar-refractivity contribution in [2.24, 2.45) is 4.99 Å². The average molecular weight is 390 g/mol. The Balaban J connectivity index is 1.65. The maximum Gasteiger partial charge on any atom is 0.199 e. The lowest BCUT2D eigenvalue weighted by molar-refractivity contribution is 0.457. The SMILES string of the molecule is CCC(CC)c1ccc(N=Cc2c(O)[nH]c3ncc(-c4ccsc4)cc23)cc1. The van der Waals surface area contributed by atoms with Crippen molar-refractivity contribution >= 4 is 34.3 Å². The second-order valence-electron chi connectivity index (χ2n) is 6.88. The van der Waals surface area contributed by atoms with Crippen LogP contribution in [0.5, 0.6) is 5.88 Å². The average Bonchev–Trinajstić information content (AvgIpc) is 3.35. The number of pyridine rings is 1. The Kier molecular flexibility index (Phi) is 5.26. The van der Waals surface area contributed by atoms with Crippen molar-refractivity contribution in [1.29, 1.82) is 0 Å². The number of hydrogen-bond acceptors (Lipinski definition) is 4. The van der Waals surface area contributed by atoms with Gasteiger partial charge in [-0.25, -0.2) is 4.98 Å². The highest BCUT2D eigenvalue weighted by Gasteiger charge is 2.12. The molecule has 1 aromatic carbocycles. The Morgan fingerprint density at radius 3 is 2.61 bits per heavy atom. The van der Waals surface area contributed by atoms with E-state index < -0.39 is 0 Å². The van der Waals surface area contributed by atoms with E-state index in [1.807, 2.05) is 29.8 Å². The number of aliphatic imine (C=N–C) groups is 1. The molecule has 0 bridgehead atoms. The van der Waals surface area contributed by atoms with Gasteiger partial charge in [-0.1, -0.05) is 26.0 Å². The number of aromatic amines is 1. The van der Waals surface area contributed by atoms with E-state index in [2.05, 4.69) is 52.4 Å². The topological polar surface area (TPSA) is 61.3 Å². The van der Waals surface area contributed by atoms with Gasteiger partial charge in [0.25, 0.3) is 0 Å². The number of nitrogens with zero attached hydrogens (tertiary/aromatic N) is 2. The summed E-state index contributed by atoms with van der Waals surface area (Å²) in [6, 6.07) is 12.5. The van der Waals surface area contributed by atoms with Crippen molar-refractivity contribution in [3.8, 4) is 17.0 Å². The van der Waals surface area contributed by atoms with Gasteiger partial charge in [0.15, 0.2) is 5.88 Å². The molecular weight excluding hydrogens is 366 g/mol. The van der Waals surface area contributed by atoms with Crippen molar-refractivity contribution in [3.63, 3.8) is 0 Å². The minimum absolute atomic E-state index is 0.0855. The molecule has 4 nitrogen and oxygen atoms in total. The van der Waals surface area contributed by atoms with Crippen LogP contribution in [0.3, 0.4) is 0 Å². The van der Waals surface area contributed by atoms with Crippen LogP contribution < -0.4 is 0 Å². The lowest BCUT2D eigenvalue weighted by Crippen LogP contribution is -1.94. The molecule has 0 aliphatic heterocycles. The van der Waals surface area contributed by atoms with Gasteiger partial charge in [0.05, 0.1) is 11.3 Å². The fourth-order valence-electron chi connectivity index (χ4n) is 3.53. The van der Waals surface area contributed by atoms with Crippen molar-refractivity contribution in [2.45, 2.75) is 32.6 Å². The first-order valence-electron chi connectivity index (χ1n) is 9.56. The number of thiophene rings is 1. The third kappa shape index (κ3) is 3.58. The Labute approximate surface area is 168 Å². The zero-order valence-electron chi connectivity index (χ0n) is 16.0. The van der Waals surface area contributed by atoms with Crippen molar-refractivity contribution in [1.82, 2.24) is 9.97 Å². The molecule has 0 saturated heterocycles. The van der Waals surface area contributed by atoms with E-state index in [4.69, 9.17) is 0 Å². The monoisotopic (exact) mass is 389 g/mol. The summed E-state index contributed by atoms with van der Waals surface area (Å²) in [5, 5.41) is 15.3. The number of nitrogens with one attached hydrogen (secondary N) is 1. The van der Waals surface area contributed by atoms with Crippen LogP contribution in [0, 0.1) is 0 Å². The molecule has 0 fully saturated rings. The fourth-order valence-corrected chi connectivity index (χ4v) is 4.19. The highest BCUT2D eigenvalue weighted by Crippen LogP contribution is 2.30. The summed E-state index contributed by atoms with van der Waals surface area (Å²) in [5.41, 5.74) is 5.68. The summed E-state index contributed by atoms with van der Waals surface area (Å²) in [6.07, 6.45) is 5.81. The summed E-state index contributed by atoms with van der Waals surface area (Å²) in [7, 11) is 0. The zero-order chi connectivity index (χ0) is 19.5. The van der Waals surface area contributed by atoms with Gasteiger partial charge < -0.3 is 10.1 Å². The van der Waals surface area contributed by atoms with Crippen LogP contribution in [-0.4, -0.2) is 21.3 Å². The number of rotatable bonds is 6. The lowest BCUT2D eigenvalue weighted by atomic mass is 9.94. The largest absolute Gasteiger partial charge is 0.494 e. The van der Waals surface area contributed by atoms with E-state index in [9.17, 15) is 5.11 Å².